The number of carbonyl (C=O) groups is 1. The van der Waals surface area contributed by atoms with Gasteiger partial charge in [-0.15, -0.1) is 4.91 Å². The summed E-state index contributed by atoms with van der Waals surface area (Å²) >= 11 is 0. The van der Waals surface area contributed by atoms with Gasteiger partial charge in [0, 0.05) is 33.1 Å². The van der Waals surface area contributed by atoms with Gasteiger partial charge in [-0.1, -0.05) is 18.2 Å². The van der Waals surface area contributed by atoms with Crippen molar-refractivity contribution in [2.24, 2.45) is 5.18 Å². The van der Waals surface area contributed by atoms with Crippen molar-refractivity contribution in [3.63, 3.8) is 0 Å². The third-order valence-corrected chi connectivity index (χ3v) is 5.16. The van der Waals surface area contributed by atoms with Gasteiger partial charge in [0.15, 0.2) is 5.88 Å². The molecule has 3 aromatic carbocycles. The molecule has 0 aliphatic heterocycles. The number of hydrogen-bond acceptors (Lipinski definition) is 4. The predicted octanol–water partition coefficient (Wildman–Crippen LogP) is 5.81. The first-order chi connectivity index (χ1) is 15.0. The minimum atomic E-state index is -0.427. The zero-order valence-corrected chi connectivity index (χ0v) is 15.9. The van der Waals surface area contributed by atoms with E-state index < -0.39 is 11.7 Å². The van der Waals surface area contributed by atoms with E-state index in [1.54, 1.807) is 30.3 Å². The topological polar surface area (TPSA) is 110 Å². The number of amides is 1. The van der Waals surface area contributed by atoms with E-state index in [1.165, 1.54) is 24.3 Å². The Kier molecular flexibility index (Phi) is 4.25. The molecule has 152 valence electrons. The molecule has 0 saturated heterocycles. The maximum Gasteiger partial charge on any atom is 0.255 e. The quantitative estimate of drug-likeness (QED) is 0.278. The number of nitrogens with zero attached hydrogens (tertiary/aromatic N) is 1. The molecule has 5 aromatic rings. The molecule has 0 atom stereocenters. The number of aromatic hydroxyl groups is 1. The molecule has 0 unspecified atom stereocenters. The molecule has 4 N–H and O–H groups in total. The van der Waals surface area contributed by atoms with Gasteiger partial charge in [0.1, 0.15) is 11.5 Å². The highest BCUT2D eigenvalue weighted by Crippen LogP contribution is 2.44. The number of nitroso groups, excluding NO2 is 1. The first-order valence-electron chi connectivity index (χ1n) is 9.41. The van der Waals surface area contributed by atoms with E-state index in [0.29, 0.717) is 44.3 Å². The molecule has 5 rings (SSSR count). The number of aromatic nitrogens is 2. The Balaban J connectivity index is 1.60. The Morgan fingerprint density at radius 3 is 2.45 bits per heavy atom. The number of rotatable bonds is 4. The van der Waals surface area contributed by atoms with E-state index in [1.807, 2.05) is 12.1 Å². The van der Waals surface area contributed by atoms with Gasteiger partial charge in [-0.25, -0.2) is 4.39 Å². The molecule has 2 heterocycles. The minimum Gasteiger partial charge on any atom is -0.494 e. The standard InChI is InChI=1S/C23H15FN4O3/c24-13-7-5-12(6-8-13)22(29)25-14-9-10-18-16(11-14)19(23(30)27-18)21-20(28-31)15-3-1-2-4-17(15)26-21/h1-11,26-27,30H,(H,25,29). The van der Waals surface area contributed by atoms with Gasteiger partial charge in [-0.3, -0.25) is 4.79 Å². The molecule has 0 spiro atoms. The van der Waals surface area contributed by atoms with E-state index in [0.717, 1.165) is 0 Å². The van der Waals surface area contributed by atoms with Crippen molar-refractivity contribution < 1.29 is 14.3 Å². The van der Waals surface area contributed by atoms with Crippen molar-refractivity contribution in [1.29, 1.82) is 0 Å². The lowest BCUT2D eigenvalue weighted by Gasteiger charge is -2.06. The molecular weight excluding hydrogens is 399 g/mol. The van der Waals surface area contributed by atoms with Gasteiger partial charge >= 0.3 is 0 Å². The van der Waals surface area contributed by atoms with Crippen LogP contribution >= 0.6 is 0 Å². The molecule has 0 radical (unpaired) electrons. The van der Waals surface area contributed by atoms with Crippen LogP contribution in [0.15, 0.2) is 71.9 Å². The average molecular weight is 414 g/mol. The average Bonchev–Trinajstić information content (AvgIpc) is 3.29. The van der Waals surface area contributed by atoms with Crippen molar-refractivity contribution in [2.45, 2.75) is 0 Å². The zero-order valence-electron chi connectivity index (χ0n) is 15.9. The van der Waals surface area contributed by atoms with Crippen molar-refractivity contribution >= 4 is 39.1 Å². The number of halogens is 1. The van der Waals surface area contributed by atoms with Gasteiger partial charge in [-0.2, -0.15) is 0 Å². The zero-order chi connectivity index (χ0) is 21.5. The summed E-state index contributed by atoms with van der Waals surface area (Å²) < 4.78 is 13.1. The molecule has 31 heavy (non-hydrogen) atoms. The Bertz CT molecular complexity index is 1470. The van der Waals surface area contributed by atoms with Crippen molar-refractivity contribution in [3.8, 4) is 17.1 Å². The third-order valence-electron chi connectivity index (χ3n) is 5.16. The molecule has 0 fully saturated rings. The van der Waals surface area contributed by atoms with Crippen LogP contribution < -0.4 is 5.32 Å². The fourth-order valence-corrected chi connectivity index (χ4v) is 3.72. The molecule has 0 bridgehead atoms. The van der Waals surface area contributed by atoms with Crippen molar-refractivity contribution in [3.05, 3.63) is 83.0 Å². The lowest BCUT2D eigenvalue weighted by Crippen LogP contribution is -2.11. The van der Waals surface area contributed by atoms with Crippen LogP contribution in [0.4, 0.5) is 15.8 Å². The van der Waals surface area contributed by atoms with Crippen LogP contribution in [0.5, 0.6) is 5.88 Å². The Labute approximate surface area is 174 Å². The molecule has 0 saturated carbocycles. The summed E-state index contributed by atoms with van der Waals surface area (Å²) in [5, 5.41) is 17.7. The van der Waals surface area contributed by atoms with Crippen LogP contribution in [0.25, 0.3) is 33.1 Å². The maximum absolute atomic E-state index is 13.1. The molecular formula is C23H15FN4O3. The number of fused-ring (bicyclic) bond motifs is 2. The molecule has 0 aliphatic carbocycles. The molecule has 0 aliphatic rings. The molecule has 7 nitrogen and oxygen atoms in total. The van der Waals surface area contributed by atoms with Crippen molar-refractivity contribution in [2.75, 3.05) is 5.32 Å². The third kappa shape index (κ3) is 3.10. The second-order valence-electron chi connectivity index (χ2n) is 7.06. The number of aromatic amines is 2. The molecule has 1 amide bonds. The summed E-state index contributed by atoms with van der Waals surface area (Å²) in [6.45, 7) is 0. The number of anilines is 1. The smallest absolute Gasteiger partial charge is 0.255 e. The Morgan fingerprint density at radius 2 is 1.68 bits per heavy atom. The number of benzene rings is 3. The van der Waals surface area contributed by atoms with E-state index >= 15 is 0 Å². The summed E-state index contributed by atoms with van der Waals surface area (Å²) in [6.07, 6.45) is 0. The predicted molar refractivity (Wildman–Crippen MR) is 117 cm³/mol. The normalized spacial score (nSPS) is 11.1. The van der Waals surface area contributed by atoms with E-state index in [4.69, 9.17) is 0 Å². The lowest BCUT2D eigenvalue weighted by atomic mass is 10.1. The highest BCUT2D eigenvalue weighted by Gasteiger charge is 2.21. The van der Waals surface area contributed by atoms with Crippen LogP contribution in [0.2, 0.25) is 0 Å². The van der Waals surface area contributed by atoms with Gasteiger partial charge in [0.05, 0.1) is 11.3 Å². The van der Waals surface area contributed by atoms with Crippen molar-refractivity contribution in [1.82, 2.24) is 9.97 Å². The summed E-state index contributed by atoms with van der Waals surface area (Å²) in [6, 6.07) is 17.5. The number of hydrogen-bond donors (Lipinski definition) is 4. The number of para-hydroxylation sites is 1. The summed E-state index contributed by atoms with van der Waals surface area (Å²) in [7, 11) is 0. The van der Waals surface area contributed by atoms with Gasteiger partial charge in [0.25, 0.3) is 5.91 Å². The van der Waals surface area contributed by atoms with Crippen LogP contribution in [-0.4, -0.2) is 21.0 Å². The summed E-state index contributed by atoms with van der Waals surface area (Å²) in [4.78, 5) is 30.1. The monoisotopic (exact) mass is 414 g/mol. The fourth-order valence-electron chi connectivity index (χ4n) is 3.72. The van der Waals surface area contributed by atoms with E-state index in [2.05, 4.69) is 20.5 Å². The second kappa shape index (κ2) is 7.10. The van der Waals surface area contributed by atoms with Crippen LogP contribution in [0.3, 0.4) is 0 Å². The van der Waals surface area contributed by atoms with Crippen LogP contribution in [0.1, 0.15) is 10.4 Å². The largest absolute Gasteiger partial charge is 0.494 e. The Hall–Kier alpha value is -4.46. The highest BCUT2D eigenvalue weighted by atomic mass is 19.1. The number of nitrogens with one attached hydrogen (secondary N) is 3. The van der Waals surface area contributed by atoms with Gasteiger partial charge in [0.2, 0.25) is 0 Å². The first kappa shape index (κ1) is 18.6. The van der Waals surface area contributed by atoms with Gasteiger partial charge in [-0.05, 0) is 53.7 Å². The van der Waals surface area contributed by atoms with Gasteiger partial charge < -0.3 is 20.4 Å². The second-order valence-corrected chi connectivity index (χ2v) is 7.06. The summed E-state index contributed by atoms with van der Waals surface area (Å²) in [5.74, 6) is -0.960. The summed E-state index contributed by atoms with van der Waals surface area (Å²) in [5.41, 5.74) is 3.04. The van der Waals surface area contributed by atoms with Crippen LogP contribution in [0, 0.1) is 10.7 Å². The molecule has 8 heteroatoms. The first-order valence-corrected chi connectivity index (χ1v) is 9.41. The van der Waals surface area contributed by atoms with E-state index in [9.17, 15) is 19.2 Å². The highest BCUT2D eigenvalue weighted by molar-refractivity contribution is 6.09. The Morgan fingerprint density at radius 1 is 0.935 bits per heavy atom. The minimum absolute atomic E-state index is 0.131. The number of carbonyl (C=O) groups excluding carboxylic acids is 1. The fraction of sp³-hybridized carbons (Fsp3) is 0. The lowest BCUT2D eigenvalue weighted by molar-refractivity contribution is 0.102. The van der Waals surface area contributed by atoms with Crippen LogP contribution in [-0.2, 0) is 0 Å². The SMILES string of the molecule is O=Nc1c(-c2c(O)[nH]c3ccc(NC(=O)c4ccc(F)cc4)cc23)[nH]c2ccccc12. The van der Waals surface area contributed by atoms with E-state index in [-0.39, 0.29) is 11.6 Å². The molecule has 2 aromatic heterocycles. The maximum atomic E-state index is 13.1. The number of H-pyrrole nitrogens is 2.